The molecule has 0 saturated carbocycles. The van der Waals surface area contributed by atoms with Gasteiger partial charge in [-0.1, -0.05) is 56.6 Å². The number of rotatable bonds is 2. The molecule has 1 aliphatic rings. The van der Waals surface area contributed by atoms with Crippen molar-refractivity contribution in [3.8, 4) is 0 Å². The van der Waals surface area contributed by atoms with E-state index < -0.39 is 15.2 Å². The van der Waals surface area contributed by atoms with Crippen molar-refractivity contribution in [2.45, 2.75) is 39.3 Å². The molecule has 0 fully saturated rings. The summed E-state index contributed by atoms with van der Waals surface area (Å²) in [6.45, 7) is 15.3. The Kier molecular flexibility index (Phi) is 2.49. The van der Waals surface area contributed by atoms with Crippen LogP contribution in [0.15, 0.2) is 12.2 Å². The van der Waals surface area contributed by atoms with Crippen LogP contribution in [0.3, 0.4) is 0 Å². The highest BCUT2D eigenvalue weighted by molar-refractivity contribution is 7.61. The van der Waals surface area contributed by atoms with Crippen LogP contribution in [0.2, 0.25) is 39.3 Å². The molecule has 0 bridgehead atoms. The lowest BCUT2D eigenvalue weighted by molar-refractivity contribution is 1.82. The molecule has 0 N–H and O–H groups in total. The summed E-state index contributed by atoms with van der Waals surface area (Å²) in [6.07, 6.45) is 4.73. The number of allylic oxidation sites excluding steroid dienone is 2. The Morgan fingerprint density at radius 3 is 1.25 bits per heavy atom. The van der Waals surface area contributed by atoms with Crippen LogP contribution in [0.4, 0.5) is 0 Å². The Bertz CT molecular complexity index is 224. The fourth-order valence-corrected chi connectivity index (χ4v) is 39.8. The third-order valence-corrected chi connectivity index (χ3v) is 30.3. The summed E-state index contributed by atoms with van der Waals surface area (Å²) < 4.78 is 0. The minimum absolute atomic E-state index is 0.0983. The molecule has 0 spiro atoms. The van der Waals surface area contributed by atoms with Gasteiger partial charge in [-0.25, -0.2) is 0 Å². The Labute approximate surface area is 79.5 Å². The van der Waals surface area contributed by atoms with E-state index >= 15 is 0 Å². The molecule has 3 heteroatoms. The van der Waals surface area contributed by atoms with E-state index in [-0.39, 0.29) is 7.44 Å². The van der Waals surface area contributed by atoms with Gasteiger partial charge in [0.1, 0.15) is 0 Å². The van der Waals surface area contributed by atoms with Gasteiger partial charge >= 0.3 is 0 Å². The first kappa shape index (κ1) is 10.3. The van der Waals surface area contributed by atoms with Crippen LogP contribution in [0.5, 0.6) is 0 Å². The standard InChI is InChI=1S/C9H20Si3/c1-11(2,3)10(9-7-8-9)12(4,5)6/h7-8H,1-6H3. The van der Waals surface area contributed by atoms with Gasteiger partial charge in [0.05, 0.1) is 15.2 Å². The van der Waals surface area contributed by atoms with Crippen molar-refractivity contribution in [2.75, 3.05) is 0 Å². The highest BCUT2D eigenvalue weighted by Crippen LogP contribution is 2.17. The normalized spacial score (nSPS) is 16.7. The van der Waals surface area contributed by atoms with Crippen LogP contribution in [0.25, 0.3) is 0 Å². The van der Waals surface area contributed by atoms with Crippen molar-refractivity contribution in [1.82, 2.24) is 0 Å². The van der Waals surface area contributed by atoms with Crippen molar-refractivity contribution in [3.05, 3.63) is 12.2 Å². The molecular formula is C9H20Si3. The molecule has 0 aromatic heterocycles. The first-order chi connectivity index (χ1) is 5.23. The maximum absolute atomic E-state index is 2.55. The lowest BCUT2D eigenvalue weighted by Gasteiger charge is -2.30. The van der Waals surface area contributed by atoms with Crippen LogP contribution >= 0.6 is 0 Å². The van der Waals surface area contributed by atoms with Gasteiger partial charge in [-0.3, -0.25) is 0 Å². The SMILES string of the molecule is C[Si](C)(C)[Si](=C1C=C1)[Si](C)(C)C. The van der Waals surface area contributed by atoms with Crippen molar-refractivity contribution in [2.24, 2.45) is 0 Å². The Morgan fingerprint density at radius 2 is 1.17 bits per heavy atom. The highest BCUT2D eigenvalue weighted by atomic mass is 29.6. The molecule has 0 atom stereocenters. The van der Waals surface area contributed by atoms with Crippen LogP contribution < -0.4 is 0 Å². The number of hydrogen-bond donors (Lipinski definition) is 0. The van der Waals surface area contributed by atoms with Gasteiger partial charge in [0.25, 0.3) is 0 Å². The van der Waals surface area contributed by atoms with E-state index in [1.165, 1.54) is 0 Å². The molecule has 0 unspecified atom stereocenters. The molecule has 0 saturated heterocycles. The van der Waals surface area contributed by atoms with Crippen molar-refractivity contribution in [1.29, 1.82) is 0 Å². The summed E-state index contributed by atoms with van der Waals surface area (Å²) in [5.41, 5.74) is 0. The van der Waals surface area contributed by atoms with Crippen molar-refractivity contribution >= 4 is 27.8 Å². The van der Waals surface area contributed by atoms with E-state index in [1.54, 1.807) is 5.17 Å². The molecule has 0 heterocycles. The maximum Gasteiger partial charge on any atom is 0.0528 e. The second kappa shape index (κ2) is 2.89. The molecule has 1 rings (SSSR count). The zero-order chi connectivity index (χ0) is 9.57. The van der Waals surface area contributed by atoms with Gasteiger partial charge in [-0.2, -0.15) is 0 Å². The van der Waals surface area contributed by atoms with E-state index in [9.17, 15) is 0 Å². The molecule has 12 heavy (non-hydrogen) atoms. The van der Waals surface area contributed by atoms with Gasteiger partial charge in [-0.15, -0.1) is 0 Å². The lowest BCUT2D eigenvalue weighted by Crippen LogP contribution is -2.54. The average Bonchev–Trinajstić information content (AvgIpc) is 2.38. The molecule has 0 radical (unpaired) electrons. The van der Waals surface area contributed by atoms with Gasteiger partial charge in [0.15, 0.2) is 0 Å². The quantitative estimate of drug-likeness (QED) is 0.618. The smallest absolute Gasteiger partial charge is 0.0528 e. The van der Waals surface area contributed by atoms with Gasteiger partial charge < -0.3 is 0 Å². The minimum Gasteiger partial charge on any atom is -0.0693 e. The predicted octanol–water partition coefficient (Wildman–Crippen LogP) is 2.64. The van der Waals surface area contributed by atoms with E-state index in [2.05, 4.69) is 51.4 Å². The van der Waals surface area contributed by atoms with E-state index in [0.29, 0.717) is 0 Å². The third-order valence-electron chi connectivity index (χ3n) is 2.12. The fourth-order valence-electron chi connectivity index (χ4n) is 2.20. The molecule has 0 amide bonds. The predicted molar refractivity (Wildman–Crippen MR) is 66.6 cm³/mol. The van der Waals surface area contributed by atoms with E-state index in [0.717, 1.165) is 0 Å². The van der Waals surface area contributed by atoms with E-state index in [4.69, 9.17) is 0 Å². The second-order valence-electron chi connectivity index (χ2n) is 5.66. The van der Waals surface area contributed by atoms with Crippen molar-refractivity contribution < 1.29 is 0 Å². The second-order valence-corrected chi connectivity index (χ2v) is 29.5. The largest absolute Gasteiger partial charge is 0.0693 e. The zero-order valence-electron chi connectivity index (χ0n) is 9.15. The molecule has 68 valence electrons. The lowest BCUT2D eigenvalue weighted by atomic mass is 10.9. The third kappa shape index (κ3) is 2.37. The highest BCUT2D eigenvalue weighted by Gasteiger charge is 2.35. The Hall–Kier alpha value is 0.261. The molecule has 1 aliphatic carbocycles. The molecule has 0 aliphatic heterocycles. The first-order valence-electron chi connectivity index (χ1n) is 4.66. The van der Waals surface area contributed by atoms with E-state index in [1.807, 2.05) is 0 Å². The summed E-state index contributed by atoms with van der Waals surface area (Å²) in [7, 11) is -1.82. The first-order valence-corrected chi connectivity index (χ1v) is 15.2. The Morgan fingerprint density at radius 1 is 0.833 bits per heavy atom. The summed E-state index contributed by atoms with van der Waals surface area (Å²) >= 11 is 0. The minimum atomic E-state index is -0.859. The average molecular weight is 213 g/mol. The molecule has 0 aromatic carbocycles. The van der Waals surface area contributed by atoms with Crippen LogP contribution in [0.1, 0.15) is 0 Å². The Balaban J connectivity index is 3.02. The summed E-state index contributed by atoms with van der Waals surface area (Å²) in [4.78, 5) is 0. The van der Waals surface area contributed by atoms with Crippen LogP contribution in [0, 0.1) is 0 Å². The number of hydrogen-bond acceptors (Lipinski definition) is 0. The monoisotopic (exact) mass is 212 g/mol. The maximum atomic E-state index is 2.55. The van der Waals surface area contributed by atoms with Crippen molar-refractivity contribution in [3.63, 3.8) is 0 Å². The van der Waals surface area contributed by atoms with Gasteiger partial charge in [0.2, 0.25) is 0 Å². The molecule has 0 aromatic rings. The fraction of sp³-hybridized carbons (Fsp3) is 0.667. The van der Waals surface area contributed by atoms with Crippen LogP contribution in [-0.2, 0) is 0 Å². The van der Waals surface area contributed by atoms with Crippen LogP contribution in [-0.4, -0.2) is 27.8 Å². The summed E-state index contributed by atoms with van der Waals surface area (Å²) in [5.74, 6) is 0. The summed E-state index contributed by atoms with van der Waals surface area (Å²) in [6, 6.07) is 0. The van der Waals surface area contributed by atoms with Gasteiger partial charge in [-0.05, 0) is 0 Å². The zero-order valence-corrected chi connectivity index (χ0v) is 12.2. The molecular weight excluding hydrogens is 192 g/mol. The summed E-state index contributed by atoms with van der Waals surface area (Å²) in [5, 5.41) is 1.78. The topological polar surface area (TPSA) is 0 Å². The van der Waals surface area contributed by atoms with Gasteiger partial charge in [0, 0.05) is 7.44 Å². The molecule has 0 nitrogen and oxygen atoms in total.